The summed E-state index contributed by atoms with van der Waals surface area (Å²) in [6.07, 6.45) is 1.00. The number of rotatable bonds is 9. The number of nitrogens with zero attached hydrogens (tertiary/aromatic N) is 2. The van der Waals surface area contributed by atoms with Crippen LogP contribution < -0.4 is 10.6 Å². The summed E-state index contributed by atoms with van der Waals surface area (Å²) in [6.45, 7) is 0.510. The molecule has 0 saturated carbocycles. The highest BCUT2D eigenvalue weighted by Gasteiger charge is 2.16. The fourth-order valence-electron chi connectivity index (χ4n) is 2.45. The highest BCUT2D eigenvalue weighted by Crippen LogP contribution is 2.23. The van der Waals surface area contributed by atoms with Gasteiger partial charge in [-0.25, -0.2) is 0 Å². The van der Waals surface area contributed by atoms with E-state index in [9.17, 15) is 29.8 Å². The van der Waals surface area contributed by atoms with Crippen molar-refractivity contribution in [1.82, 2.24) is 10.6 Å². The van der Waals surface area contributed by atoms with Gasteiger partial charge in [0.05, 0.1) is 31.0 Å². The first-order valence-electron chi connectivity index (χ1n) is 8.65. The molecule has 0 aliphatic carbocycles. The Bertz CT molecular complexity index is 919. The number of hydrogen-bond donors (Lipinski definition) is 2. The maximum absolute atomic E-state index is 12.1. The topological polar surface area (TPSA) is 144 Å². The number of hydrogen-bond acceptors (Lipinski definition) is 6. The van der Waals surface area contributed by atoms with Crippen LogP contribution in [0.3, 0.4) is 0 Å². The molecule has 2 aromatic carbocycles. The Balaban J connectivity index is 1.79. The summed E-state index contributed by atoms with van der Waals surface area (Å²) in [4.78, 5) is 44.6. The lowest BCUT2D eigenvalue weighted by molar-refractivity contribution is -0.385. The highest BCUT2D eigenvalue weighted by molar-refractivity contribution is 6.34. The zero-order valence-corrected chi connectivity index (χ0v) is 16.9. The zero-order chi connectivity index (χ0) is 22.3. The van der Waals surface area contributed by atoms with E-state index < -0.39 is 21.7 Å². The lowest BCUT2D eigenvalue weighted by atomic mass is 10.1. The van der Waals surface area contributed by atoms with Gasteiger partial charge in [0.2, 0.25) is 0 Å². The van der Waals surface area contributed by atoms with Crippen molar-refractivity contribution >= 4 is 46.4 Å². The highest BCUT2D eigenvalue weighted by atomic mass is 35.5. The van der Waals surface area contributed by atoms with E-state index in [-0.39, 0.29) is 45.6 Å². The molecule has 0 fully saturated rings. The Labute approximate surface area is 180 Å². The number of nitrogens with one attached hydrogen (secondary N) is 2. The molecule has 2 aromatic rings. The maximum atomic E-state index is 12.1. The van der Waals surface area contributed by atoms with Gasteiger partial charge in [0.15, 0.2) is 0 Å². The quantitative estimate of drug-likeness (QED) is 0.335. The first-order chi connectivity index (χ1) is 14.2. The Morgan fingerprint density at radius 1 is 0.767 bits per heavy atom. The largest absolute Gasteiger partial charge is 0.352 e. The van der Waals surface area contributed by atoms with E-state index >= 15 is 0 Å². The fraction of sp³-hybridized carbons (Fsp3) is 0.222. The summed E-state index contributed by atoms with van der Waals surface area (Å²) < 4.78 is 0. The van der Waals surface area contributed by atoms with E-state index in [4.69, 9.17) is 23.2 Å². The monoisotopic (exact) mass is 454 g/mol. The van der Waals surface area contributed by atoms with Crippen molar-refractivity contribution in [1.29, 1.82) is 0 Å². The second-order valence-corrected chi connectivity index (χ2v) is 6.88. The molecule has 0 atom stereocenters. The van der Waals surface area contributed by atoms with Crippen LogP contribution in [-0.4, -0.2) is 34.8 Å². The smallest absolute Gasteiger partial charge is 0.270 e. The summed E-state index contributed by atoms with van der Waals surface area (Å²) in [5, 5.41) is 27.0. The van der Waals surface area contributed by atoms with Gasteiger partial charge in [0, 0.05) is 37.4 Å². The number of benzene rings is 2. The maximum Gasteiger partial charge on any atom is 0.270 e. The molecule has 0 unspecified atom stereocenters. The molecule has 0 aromatic heterocycles. The van der Waals surface area contributed by atoms with Gasteiger partial charge in [-0.3, -0.25) is 29.8 Å². The lowest BCUT2D eigenvalue weighted by Gasteiger charge is -2.08. The molecule has 0 bridgehead atoms. The average Bonchev–Trinajstić information content (AvgIpc) is 2.70. The summed E-state index contributed by atoms with van der Waals surface area (Å²) in [6, 6.07) is 7.17. The molecule has 10 nitrogen and oxygen atoms in total. The minimum absolute atomic E-state index is 0.000478. The standard InChI is InChI=1S/C18H16Cl2N4O6/c19-15-5-3-11(23(27)28)9-13(15)17(25)21-7-1-2-8-22-18(26)14-10-12(24(29)30)4-6-16(14)20/h3-6,9-10H,1-2,7-8H2,(H,21,25)(H,22,26). The molecule has 0 saturated heterocycles. The van der Waals surface area contributed by atoms with E-state index in [2.05, 4.69) is 10.6 Å². The first kappa shape index (κ1) is 23.0. The van der Waals surface area contributed by atoms with Crippen molar-refractivity contribution in [3.05, 3.63) is 77.8 Å². The van der Waals surface area contributed by atoms with Gasteiger partial charge < -0.3 is 10.6 Å². The number of non-ortho nitro benzene ring substituents is 2. The number of carbonyl (C=O) groups excluding carboxylic acids is 2. The third kappa shape index (κ3) is 6.13. The fourth-order valence-corrected chi connectivity index (χ4v) is 2.85. The molecule has 2 amide bonds. The summed E-state index contributed by atoms with van der Waals surface area (Å²) in [5.74, 6) is -1.09. The molecule has 0 radical (unpaired) electrons. The summed E-state index contributed by atoms with van der Waals surface area (Å²) >= 11 is 11.8. The van der Waals surface area contributed by atoms with E-state index in [0.717, 1.165) is 12.1 Å². The minimum Gasteiger partial charge on any atom is -0.352 e. The molecule has 0 spiro atoms. The second kappa shape index (κ2) is 10.5. The molecule has 0 heterocycles. The zero-order valence-electron chi connectivity index (χ0n) is 15.4. The van der Waals surface area contributed by atoms with E-state index in [1.54, 1.807) is 0 Å². The molecular weight excluding hydrogens is 439 g/mol. The van der Waals surface area contributed by atoms with Crippen molar-refractivity contribution in [3.8, 4) is 0 Å². The Kier molecular flexibility index (Phi) is 8.07. The molecule has 2 N–H and O–H groups in total. The van der Waals surface area contributed by atoms with Gasteiger partial charge in [-0.1, -0.05) is 23.2 Å². The van der Waals surface area contributed by atoms with Crippen molar-refractivity contribution in [2.45, 2.75) is 12.8 Å². The Morgan fingerprint density at radius 2 is 1.13 bits per heavy atom. The van der Waals surface area contributed by atoms with E-state index in [1.807, 2.05) is 0 Å². The van der Waals surface area contributed by atoms with Gasteiger partial charge in [-0.15, -0.1) is 0 Å². The molecule has 0 aliphatic heterocycles. The van der Waals surface area contributed by atoms with Gasteiger partial charge in [-0.05, 0) is 25.0 Å². The Morgan fingerprint density at radius 3 is 1.47 bits per heavy atom. The second-order valence-electron chi connectivity index (χ2n) is 6.06. The lowest BCUT2D eigenvalue weighted by Crippen LogP contribution is -2.27. The van der Waals surface area contributed by atoms with Crippen molar-refractivity contribution < 1.29 is 19.4 Å². The van der Waals surface area contributed by atoms with Crippen LogP contribution in [0.1, 0.15) is 33.6 Å². The normalized spacial score (nSPS) is 10.3. The van der Waals surface area contributed by atoms with Crippen LogP contribution in [0.4, 0.5) is 11.4 Å². The van der Waals surface area contributed by atoms with Gasteiger partial charge in [-0.2, -0.15) is 0 Å². The first-order valence-corrected chi connectivity index (χ1v) is 9.40. The summed E-state index contributed by atoms with van der Waals surface area (Å²) in [7, 11) is 0. The third-order valence-electron chi connectivity index (χ3n) is 3.99. The van der Waals surface area contributed by atoms with Crippen molar-refractivity contribution in [2.75, 3.05) is 13.1 Å². The SMILES string of the molecule is O=C(NCCCCNC(=O)c1cc([N+](=O)[O-])ccc1Cl)c1cc([N+](=O)[O-])ccc1Cl. The third-order valence-corrected chi connectivity index (χ3v) is 4.64. The number of nitro benzene ring substituents is 2. The number of amides is 2. The van der Waals surface area contributed by atoms with E-state index in [0.29, 0.717) is 12.8 Å². The van der Waals surface area contributed by atoms with E-state index in [1.165, 1.54) is 24.3 Å². The molecule has 158 valence electrons. The predicted octanol–water partition coefficient (Wildman–Crippen LogP) is 3.75. The van der Waals surface area contributed by atoms with Crippen molar-refractivity contribution in [3.63, 3.8) is 0 Å². The Hall–Kier alpha value is -3.24. The molecular formula is C18H16Cl2N4O6. The summed E-state index contributed by atoms with van der Waals surface area (Å²) in [5.41, 5.74) is -0.488. The van der Waals surface area contributed by atoms with Gasteiger partial charge in [0.25, 0.3) is 23.2 Å². The van der Waals surface area contributed by atoms with Crippen LogP contribution in [0.25, 0.3) is 0 Å². The number of unbranched alkanes of at least 4 members (excludes halogenated alkanes) is 1. The molecule has 0 aliphatic rings. The minimum atomic E-state index is -0.622. The van der Waals surface area contributed by atoms with Crippen LogP contribution in [0.15, 0.2) is 36.4 Å². The van der Waals surface area contributed by atoms with Crippen molar-refractivity contribution in [2.24, 2.45) is 0 Å². The average molecular weight is 455 g/mol. The molecule has 30 heavy (non-hydrogen) atoms. The van der Waals surface area contributed by atoms with Gasteiger partial charge >= 0.3 is 0 Å². The molecule has 2 rings (SSSR count). The number of carbonyl (C=O) groups is 2. The van der Waals surface area contributed by atoms with Crippen LogP contribution in [0.5, 0.6) is 0 Å². The number of halogens is 2. The number of nitro groups is 2. The van der Waals surface area contributed by atoms with Gasteiger partial charge in [0.1, 0.15) is 0 Å². The molecule has 12 heteroatoms. The predicted molar refractivity (Wildman–Crippen MR) is 110 cm³/mol. The van der Waals surface area contributed by atoms with Crippen LogP contribution in [-0.2, 0) is 0 Å². The van der Waals surface area contributed by atoms with Crippen LogP contribution in [0.2, 0.25) is 10.0 Å². The van der Waals surface area contributed by atoms with Crippen LogP contribution in [0, 0.1) is 20.2 Å². The van der Waals surface area contributed by atoms with Crippen LogP contribution >= 0.6 is 23.2 Å².